The van der Waals surface area contributed by atoms with Crippen molar-refractivity contribution in [3.8, 4) is 0 Å². The van der Waals surface area contributed by atoms with Crippen molar-refractivity contribution in [3.05, 3.63) is 59.0 Å². The van der Waals surface area contributed by atoms with Gasteiger partial charge in [-0.3, -0.25) is 19.3 Å². The minimum atomic E-state index is -1.27. The molecule has 1 aromatic carbocycles. The number of aromatic nitrogens is 2. The molecule has 1 aliphatic rings. The Morgan fingerprint density at radius 2 is 1.85 bits per heavy atom. The third-order valence-corrected chi connectivity index (χ3v) is 4.55. The van der Waals surface area contributed by atoms with Crippen molar-refractivity contribution in [2.24, 2.45) is 4.99 Å². The Balaban J connectivity index is 0.00000385. The molecule has 33 heavy (non-hydrogen) atoms. The van der Waals surface area contributed by atoms with Crippen LogP contribution in [0.3, 0.4) is 0 Å². The van der Waals surface area contributed by atoms with Crippen LogP contribution in [0.15, 0.2) is 45.3 Å². The van der Waals surface area contributed by atoms with Crippen LogP contribution in [0.2, 0.25) is 0 Å². The Morgan fingerprint density at radius 3 is 2.42 bits per heavy atom. The molecule has 170 valence electrons. The molecule has 1 aromatic heterocycles. The monoisotopic (exact) mass is 484 g/mol. The molecule has 13 heteroatoms. The van der Waals surface area contributed by atoms with E-state index in [1.54, 1.807) is 13.8 Å². The number of amides is 2. The van der Waals surface area contributed by atoms with Gasteiger partial charge >= 0.3 is 69.1 Å². The molecule has 0 atom stereocenters. The quantitative estimate of drug-likeness (QED) is 0.230. The Morgan fingerprint density at radius 1 is 1.21 bits per heavy atom. The van der Waals surface area contributed by atoms with E-state index in [9.17, 15) is 23.9 Å². The van der Waals surface area contributed by atoms with Crippen LogP contribution in [0.4, 0.5) is 4.39 Å². The maximum absolute atomic E-state index is 13.0. The van der Waals surface area contributed by atoms with Gasteiger partial charge in [-0.15, -0.1) is 10.2 Å². The number of nitrogens with one attached hydrogen (secondary N) is 2. The first-order chi connectivity index (χ1) is 15.0. The van der Waals surface area contributed by atoms with Crippen LogP contribution >= 0.6 is 0 Å². The topological polar surface area (TPSA) is 150 Å². The summed E-state index contributed by atoms with van der Waals surface area (Å²) < 4.78 is 18.1. The third kappa shape index (κ3) is 6.12. The summed E-state index contributed by atoms with van der Waals surface area (Å²) in [7, 11) is 1.32. The van der Waals surface area contributed by atoms with Crippen molar-refractivity contribution in [3.63, 3.8) is 0 Å². The van der Waals surface area contributed by atoms with Gasteiger partial charge in [0.15, 0.2) is 5.70 Å². The van der Waals surface area contributed by atoms with E-state index in [2.05, 4.69) is 25.8 Å². The van der Waals surface area contributed by atoms with Crippen molar-refractivity contribution >= 4 is 74.8 Å². The number of rotatable bonds is 6. The molecular formula is C20H22FKN6O5. The molecule has 0 aliphatic carbocycles. The number of carbonyl (C=O) groups is 3. The number of hydrogen-bond acceptors (Lipinski definition) is 9. The predicted molar refractivity (Wildman–Crippen MR) is 116 cm³/mol. The van der Waals surface area contributed by atoms with Gasteiger partial charge in [0.2, 0.25) is 11.8 Å². The summed E-state index contributed by atoms with van der Waals surface area (Å²) in [5, 5.41) is 22.8. The molecule has 0 saturated heterocycles. The number of ketones is 1. The second kappa shape index (κ2) is 10.7. The van der Waals surface area contributed by atoms with E-state index in [1.165, 1.54) is 38.2 Å². The van der Waals surface area contributed by atoms with Crippen LogP contribution < -0.4 is 10.6 Å². The van der Waals surface area contributed by atoms with E-state index in [-0.39, 0.29) is 75.5 Å². The number of aliphatic hydroxyl groups excluding tert-OH is 1. The number of amidine groups is 1. The van der Waals surface area contributed by atoms with Crippen molar-refractivity contribution < 1.29 is 28.3 Å². The first kappa shape index (κ1) is 26.8. The van der Waals surface area contributed by atoms with Crippen molar-refractivity contribution in [1.29, 1.82) is 0 Å². The number of benzene rings is 1. The minimum absolute atomic E-state index is 0. The van der Waals surface area contributed by atoms with E-state index in [0.717, 1.165) is 4.90 Å². The first-order valence-corrected chi connectivity index (χ1v) is 9.45. The third-order valence-electron chi connectivity index (χ3n) is 4.55. The predicted octanol–water partition coefficient (Wildman–Crippen LogP) is 0.334. The van der Waals surface area contributed by atoms with E-state index in [4.69, 9.17) is 4.42 Å². The number of aliphatic hydroxyl groups is 1. The number of likely N-dealkylation sites (N-methyl/N-ethyl adjacent to an activating group) is 1. The fourth-order valence-electron chi connectivity index (χ4n) is 2.95. The summed E-state index contributed by atoms with van der Waals surface area (Å²) in [5.74, 6) is -3.82. The fourth-order valence-corrected chi connectivity index (χ4v) is 2.95. The van der Waals surface area contributed by atoms with Crippen LogP contribution in [-0.4, -0.2) is 108 Å². The van der Waals surface area contributed by atoms with E-state index in [0.29, 0.717) is 5.56 Å². The van der Waals surface area contributed by atoms with Gasteiger partial charge < -0.3 is 20.2 Å². The summed E-state index contributed by atoms with van der Waals surface area (Å²) in [6.45, 7) is 4.67. The van der Waals surface area contributed by atoms with Gasteiger partial charge in [-0.1, -0.05) is 12.1 Å². The number of halogens is 1. The summed E-state index contributed by atoms with van der Waals surface area (Å²) in [6.07, 6.45) is 0. The van der Waals surface area contributed by atoms with Gasteiger partial charge in [0.05, 0.1) is 5.54 Å². The number of hydrogen-bond donors (Lipinski definition) is 3. The Kier molecular flexibility index (Phi) is 8.65. The van der Waals surface area contributed by atoms with Crippen LogP contribution in [0, 0.1) is 12.7 Å². The van der Waals surface area contributed by atoms with E-state index >= 15 is 0 Å². The molecule has 0 saturated carbocycles. The summed E-state index contributed by atoms with van der Waals surface area (Å²) in [5.41, 5.74) is -1.16. The van der Waals surface area contributed by atoms with Crippen molar-refractivity contribution in [2.75, 3.05) is 7.05 Å². The molecule has 2 aromatic rings. The second-order valence-electron chi connectivity index (χ2n) is 7.51. The first-order valence-electron chi connectivity index (χ1n) is 9.45. The average Bonchev–Trinajstić information content (AvgIpc) is 3.17. The van der Waals surface area contributed by atoms with Crippen LogP contribution in [0.25, 0.3) is 0 Å². The summed E-state index contributed by atoms with van der Waals surface area (Å²) in [4.78, 5) is 42.5. The second-order valence-corrected chi connectivity index (χ2v) is 7.51. The number of aryl methyl sites for hydroxylation is 1. The SMILES string of the molecule is Cc1nnc(C(=O)NC(C)(C)C2=N/C(=C(\O)NCc3ccc(F)cc3)C(=O)C(=O)N2C)o1.[KH]. The molecule has 0 unspecified atom stereocenters. The Labute approximate surface area is 230 Å². The molecule has 3 rings (SSSR count). The summed E-state index contributed by atoms with van der Waals surface area (Å²) in [6, 6.07) is 5.48. The molecule has 3 N–H and O–H groups in total. The molecular weight excluding hydrogens is 462 g/mol. The Bertz CT molecular complexity index is 1140. The van der Waals surface area contributed by atoms with Gasteiger partial charge in [-0.2, -0.15) is 0 Å². The van der Waals surface area contributed by atoms with Crippen LogP contribution in [-0.2, 0) is 16.1 Å². The van der Waals surface area contributed by atoms with Crippen LogP contribution in [0.5, 0.6) is 0 Å². The zero-order chi connectivity index (χ0) is 23.6. The molecule has 0 bridgehead atoms. The van der Waals surface area contributed by atoms with E-state index < -0.39 is 40.5 Å². The Hall–Kier alpha value is -2.45. The molecule has 2 heterocycles. The maximum atomic E-state index is 13.0. The molecule has 2 amide bonds. The number of nitrogens with zero attached hydrogens (tertiary/aromatic N) is 4. The van der Waals surface area contributed by atoms with Crippen molar-refractivity contribution in [1.82, 2.24) is 25.7 Å². The van der Waals surface area contributed by atoms with Gasteiger partial charge in [-0.25, -0.2) is 9.38 Å². The number of carbonyl (C=O) groups excluding carboxylic acids is 3. The fraction of sp³-hybridized carbons (Fsp3) is 0.300. The molecule has 11 nitrogen and oxygen atoms in total. The van der Waals surface area contributed by atoms with Crippen molar-refractivity contribution in [2.45, 2.75) is 32.9 Å². The standard InChI is InChI=1S/C20H21FN6O5.K.H/c1-10-25-26-17(32-10)16(30)24-20(2,3)19-23-13(14(28)18(31)27(19)4)15(29)22-9-11-5-7-12(21)8-6-11;;/h5-8,22,29H,9H2,1-4H3,(H,24,30);;/b15-13-;;. The molecule has 0 radical (unpaired) electrons. The summed E-state index contributed by atoms with van der Waals surface area (Å²) >= 11 is 0. The molecule has 0 fully saturated rings. The molecule has 0 spiro atoms. The van der Waals surface area contributed by atoms with E-state index in [1.807, 2.05) is 0 Å². The van der Waals surface area contributed by atoms with Gasteiger partial charge in [0.1, 0.15) is 11.7 Å². The van der Waals surface area contributed by atoms with Gasteiger partial charge in [0.25, 0.3) is 5.78 Å². The number of Topliss-reactive ketones (excluding diaryl/α,β-unsaturated/α-hetero) is 1. The zero-order valence-electron chi connectivity index (χ0n) is 17.8. The van der Waals surface area contributed by atoms with Crippen LogP contribution in [0.1, 0.15) is 36.0 Å². The average molecular weight is 485 g/mol. The molecule has 1 aliphatic heterocycles. The van der Waals surface area contributed by atoms with Gasteiger partial charge in [0, 0.05) is 20.5 Å². The van der Waals surface area contributed by atoms with Gasteiger partial charge in [-0.05, 0) is 31.5 Å². The zero-order valence-corrected chi connectivity index (χ0v) is 17.8. The normalized spacial score (nSPS) is 15.5. The number of aliphatic imine (C=N–C) groups is 1.